The van der Waals surface area contributed by atoms with Gasteiger partial charge >= 0.3 is 6.18 Å². The SMILES string of the molecule is CC(c1cc2ccccc2o1)N(C)C(=O)CNc1cccc(C(F)(F)F)c1. The minimum atomic E-state index is -4.42. The van der Waals surface area contributed by atoms with Gasteiger partial charge in [-0.15, -0.1) is 0 Å². The zero-order valence-electron chi connectivity index (χ0n) is 14.9. The summed E-state index contributed by atoms with van der Waals surface area (Å²) in [5.41, 5.74) is 0.217. The van der Waals surface area contributed by atoms with Crippen molar-refractivity contribution in [3.05, 3.63) is 65.9 Å². The Bertz CT molecular complexity index is 917. The van der Waals surface area contributed by atoms with Crippen LogP contribution in [0.25, 0.3) is 11.0 Å². The van der Waals surface area contributed by atoms with E-state index in [2.05, 4.69) is 5.32 Å². The number of carbonyl (C=O) groups is 1. The van der Waals surface area contributed by atoms with Gasteiger partial charge < -0.3 is 14.6 Å². The van der Waals surface area contributed by atoms with Gasteiger partial charge in [0.15, 0.2) is 0 Å². The number of furan rings is 1. The predicted octanol–water partition coefficient (Wildman–Crippen LogP) is 5.08. The first-order valence-electron chi connectivity index (χ1n) is 8.41. The van der Waals surface area contributed by atoms with Crippen LogP contribution in [-0.2, 0) is 11.0 Å². The number of nitrogens with one attached hydrogen (secondary N) is 1. The van der Waals surface area contributed by atoms with Gasteiger partial charge in [0.2, 0.25) is 5.91 Å². The first-order chi connectivity index (χ1) is 12.8. The highest BCUT2D eigenvalue weighted by Gasteiger charge is 2.30. The fraction of sp³-hybridized carbons (Fsp3) is 0.250. The summed E-state index contributed by atoms with van der Waals surface area (Å²) in [7, 11) is 1.63. The number of hydrogen-bond donors (Lipinski definition) is 1. The minimum Gasteiger partial charge on any atom is -0.459 e. The van der Waals surface area contributed by atoms with Crippen molar-refractivity contribution in [1.82, 2.24) is 4.90 Å². The molecule has 0 radical (unpaired) electrons. The molecular weight excluding hydrogens is 357 g/mol. The van der Waals surface area contributed by atoms with Crippen molar-refractivity contribution in [3.63, 3.8) is 0 Å². The van der Waals surface area contributed by atoms with E-state index in [4.69, 9.17) is 4.42 Å². The van der Waals surface area contributed by atoms with Crippen LogP contribution >= 0.6 is 0 Å². The van der Waals surface area contributed by atoms with Crippen LogP contribution in [-0.4, -0.2) is 24.4 Å². The van der Waals surface area contributed by atoms with Crippen LogP contribution in [0.3, 0.4) is 0 Å². The molecule has 27 heavy (non-hydrogen) atoms. The molecule has 2 aromatic carbocycles. The second-order valence-electron chi connectivity index (χ2n) is 6.30. The lowest BCUT2D eigenvalue weighted by Gasteiger charge is -2.23. The molecule has 0 aliphatic heterocycles. The fourth-order valence-electron chi connectivity index (χ4n) is 2.72. The van der Waals surface area contributed by atoms with E-state index in [1.807, 2.05) is 37.3 Å². The normalized spacial score (nSPS) is 12.8. The molecule has 0 saturated carbocycles. The highest BCUT2D eigenvalue weighted by Crippen LogP contribution is 2.31. The third-order valence-corrected chi connectivity index (χ3v) is 4.46. The molecule has 1 heterocycles. The van der Waals surface area contributed by atoms with Crippen LogP contribution in [0.1, 0.15) is 24.3 Å². The topological polar surface area (TPSA) is 45.5 Å². The maximum Gasteiger partial charge on any atom is 0.416 e. The van der Waals surface area contributed by atoms with E-state index >= 15 is 0 Å². The van der Waals surface area contributed by atoms with Crippen LogP contribution in [0.2, 0.25) is 0 Å². The van der Waals surface area contributed by atoms with Crippen LogP contribution in [0.4, 0.5) is 18.9 Å². The summed E-state index contributed by atoms with van der Waals surface area (Å²) in [6.45, 7) is 1.71. The number of hydrogen-bond acceptors (Lipinski definition) is 3. The van der Waals surface area contributed by atoms with E-state index in [1.54, 1.807) is 7.05 Å². The minimum absolute atomic E-state index is 0.123. The van der Waals surface area contributed by atoms with E-state index < -0.39 is 11.7 Å². The summed E-state index contributed by atoms with van der Waals surface area (Å²) < 4.78 is 44.1. The monoisotopic (exact) mass is 376 g/mol. The Morgan fingerprint density at radius 3 is 2.59 bits per heavy atom. The van der Waals surface area contributed by atoms with Crippen LogP contribution in [0.5, 0.6) is 0 Å². The van der Waals surface area contributed by atoms with E-state index in [-0.39, 0.29) is 24.2 Å². The molecule has 1 aromatic heterocycles. The molecular formula is C20H19F3N2O2. The van der Waals surface area contributed by atoms with Gasteiger partial charge in [0, 0.05) is 18.1 Å². The van der Waals surface area contributed by atoms with E-state index in [1.165, 1.54) is 17.0 Å². The maximum atomic E-state index is 12.8. The molecule has 7 heteroatoms. The highest BCUT2D eigenvalue weighted by atomic mass is 19.4. The maximum absolute atomic E-state index is 12.8. The number of benzene rings is 2. The molecule has 0 spiro atoms. The van der Waals surface area contributed by atoms with Crippen molar-refractivity contribution in [3.8, 4) is 0 Å². The van der Waals surface area contributed by atoms with Crippen molar-refractivity contribution < 1.29 is 22.4 Å². The zero-order chi connectivity index (χ0) is 19.6. The van der Waals surface area contributed by atoms with Gasteiger partial charge in [-0.25, -0.2) is 0 Å². The highest BCUT2D eigenvalue weighted by molar-refractivity contribution is 5.82. The van der Waals surface area contributed by atoms with Gasteiger partial charge in [0.25, 0.3) is 0 Å². The molecule has 3 aromatic rings. The molecule has 0 fully saturated rings. The van der Waals surface area contributed by atoms with Crippen molar-refractivity contribution in [2.45, 2.75) is 19.1 Å². The molecule has 0 aliphatic carbocycles. The Hall–Kier alpha value is -2.96. The standard InChI is InChI=1S/C20H19F3N2O2/c1-13(18-10-14-6-3-4-9-17(14)27-18)25(2)19(26)12-24-16-8-5-7-15(11-16)20(21,22)23/h3-11,13,24H,12H2,1-2H3. The third-order valence-electron chi connectivity index (χ3n) is 4.46. The molecule has 4 nitrogen and oxygen atoms in total. The number of para-hydroxylation sites is 1. The lowest BCUT2D eigenvalue weighted by atomic mass is 10.2. The molecule has 1 N–H and O–H groups in total. The number of alkyl halides is 3. The Morgan fingerprint density at radius 2 is 1.89 bits per heavy atom. The van der Waals surface area contributed by atoms with Gasteiger partial charge in [-0.1, -0.05) is 24.3 Å². The quantitative estimate of drug-likeness (QED) is 0.675. The number of amides is 1. The summed E-state index contributed by atoms with van der Waals surface area (Å²) in [5, 5.41) is 3.70. The summed E-state index contributed by atoms with van der Waals surface area (Å²) in [6, 6.07) is 13.9. The van der Waals surface area contributed by atoms with Gasteiger partial charge in [-0.3, -0.25) is 4.79 Å². The Morgan fingerprint density at radius 1 is 1.15 bits per heavy atom. The summed E-state index contributed by atoms with van der Waals surface area (Å²) >= 11 is 0. The van der Waals surface area contributed by atoms with E-state index in [0.29, 0.717) is 5.76 Å². The second-order valence-corrected chi connectivity index (χ2v) is 6.30. The molecule has 0 bridgehead atoms. The predicted molar refractivity (Wildman–Crippen MR) is 97.3 cm³/mol. The Labute approximate surface area is 154 Å². The third kappa shape index (κ3) is 4.24. The number of anilines is 1. The van der Waals surface area contributed by atoms with Crippen molar-refractivity contribution >= 4 is 22.6 Å². The van der Waals surface area contributed by atoms with Crippen molar-refractivity contribution in [1.29, 1.82) is 0 Å². The van der Waals surface area contributed by atoms with E-state index in [9.17, 15) is 18.0 Å². The summed E-state index contributed by atoms with van der Waals surface area (Å²) in [5.74, 6) is 0.381. The van der Waals surface area contributed by atoms with Gasteiger partial charge in [-0.2, -0.15) is 13.2 Å². The number of nitrogens with zero attached hydrogens (tertiary/aromatic N) is 1. The number of halogens is 3. The molecule has 1 amide bonds. The number of fused-ring (bicyclic) bond motifs is 1. The number of carbonyl (C=O) groups excluding carboxylic acids is 1. The largest absolute Gasteiger partial charge is 0.459 e. The van der Waals surface area contributed by atoms with Gasteiger partial charge in [-0.05, 0) is 37.3 Å². The molecule has 0 saturated heterocycles. The van der Waals surface area contributed by atoms with Crippen molar-refractivity contribution in [2.75, 3.05) is 18.9 Å². The van der Waals surface area contributed by atoms with Crippen LogP contribution < -0.4 is 5.32 Å². The van der Waals surface area contributed by atoms with Gasteiger partial charge in [0.05, 0.1) is 18.2 Å². The average molecular weight is 376 g/mol. The second kappa shape index (κ2) is 7.34. The van der Waals surface area contributed by atoms with Gasteiger partial charge in [0.1, 0.15) is 11.3 Å². The van der Waals surface area contributed by atoms with Crippen LogP contribution in [0, 0.1) is 0 Å². The smallest absolute Gasteiger partial charge is 0.416 e. The van der Waals surface area contributed by atoms with Crippen LogP contribution in [0.15, 0.2) is 59.0 Å². The molecule has 1 unspecified atom stereocenters. The first kappa shape index (κ1) is 18.8. The zero-order valence-corrected chi connectivity index (χ0v) is 14.9. The molecule has 0 aliphatic rings. The molecule has 3 rings (SSSR count). The summed E-state index contributed by atoms with van der Waals surface area (Å²) in [4.78, 5) is 13.9. The first-order valence-corrected chi connectivity index (χ1v) is 8.41. The Balaban J connectivity index is 1.65. The fourth-order valence-corrected chi connectivity index (χ4v) is 2.72. The molecule has 142 valence electrons. The average Bonchev–Trinajstić information content (AvgIpc) is 3.08. The lowest BCUT2D eigenvalue weighted by Crippen LogP contribution is -2.34. The number of likely N-dealkylation sites (N-methyl/N-ethyl adjacent to an activating group) is 1. The molecule has 1 atom stereocenters. The van der Waals surface area contributed by atoms with Crippen molar-refractivity contribution in [2.24, 2.45) is 0 Å². The number of rotatable bonds is 5. The lowest BCUT2D eigenvalue weighted by molar-refractivity contribution is -0.137. The Kier molecular flexibility index (Phi) is 5.12. The summed E-state index contributed by atoms with van der Waals surface area (Å²) in [6.07, 6.45) is -4.42. The van der Waals surface area contributed by atoms with E-state index in [0.717, 1.165) is 23.1 Å².